The van der Waals surface area contributed by atoms with Gasteiger partial charge in [0.2, 0.25) is 5.95 Å². The number of hydrogen-bond donors (Lipinski definition) is 4. The van der Waals surface area contributed by atoms with Crippen LogP contribution in [0.5, 0.6) is 5.75 Å². The molecule has 4 heterocycles. The van der Waals surface area contributed by atoms with Crippen molar-refractivity contribution in [2.75, 3.05) is 19.4 Å². The fourth-order valence-electron chi connectivity index (χ4n) is 4.96. The molecule has 0 bridgehead atoms. The third kappa shape index (κ3) is 4.37. The highest BCUT2D eigenvalue weighted by molar-refractivity contribution is 6.03. The number of rotatable bonds is 5. The van der Waals surface area contributed by atoms with Crippen molar-refractivity contribution in [3.63, 3.8) is 0 Å². The summed E-state index contributed by atoms with van der Waals surface area (Å²) in [4.78, 5) is 27.0. The first kappa shape index (κ1) is 28.1. The van der Waals surface area contributed by atoms with Crippen LogP contribution in [0, 0.1) is 16.7 Å². The molecule has 0 fully saturated rings. The van der Waals surface area contributed by atoms with Gasteiger partial charge in [-0.3, -0.25) is 4.79 Å². The quantitative estimate of drug-likeness (QED) is 0.263. The Balaban J connectivity index is 1.58. The van der Waals surface area contributed by atoms with E-state index in [2.05, 4.69) is 37.0 Å². The summed E-state index contributed by atoms with van der Waals surface area (Å²) in [6, 6.07) is 4.37. The SMILES string of the molecule is CNC1=NC=CN/C1=C(\C=N)Oc1cnc2nc(Nc3cc4c(c(C(F)(F)F)c3)C(C)(C)N(C)C4=O)n(C)c2c1C#N. The van der Waals surface area contributed by atoms with Gasteiger partial charge in [0.25, 0.3) is 5.91 Å². The number of likely N-dealkylation sites (N-methyl/N-ethyl adjacent to an activating group) is 1. The number of allylic oxidation sites excluding steroid dienone is 1. The van der Waals surface area contributed by atoms with E-state index in [1.165, 1.54) is 35.0 Å². The third-order valence-electron chi connectivity index (χ3n) is 7.24. The number of aryl methyl sites for hydroxylation is 1. The van der Waals surface area contributed by atoms with E-state index in [-0.39, 0.29) is 51.0 Å². The number of aliphatic imine (C=N–C) groups is 1. The van der Waals surface area contributed by atoms with Crippen molar-refractivity contribution in [1.82, 2.24) is 30.1 Å². The van der Waals surface area contributed by atoms with Crippen molar-refractivity contribution in [1.29, 1.82) is 10.7 Å². The van der Waals surface area contributed by atoms with Crippen LogP contribution in [0.4, 0.5) is 24.8 Å². The molecule has 5 rings (SSSR count). The molecule has 0 aliphatic carbocycles. The van der Waals surface area contributed by atoms with E-state index >= 15 is 0 Å². The maximum Gasteiger partial charge on any atom is 0.416 e. The van der Waals surface area contributed by atoms with E-state index in [0.29, 0.717) is 11.5 Å². The lowest BCUT2D eigenvalue weighted by molar-refractivity contribution is -0.139. The molecule has 15 heteroatoms. The average molecular weight is 579 g/mol. The van der Waals surface area contributed by atoms with E-state index in [0.717, 1.165) is 12.3 Å². The number of ether oxygens (including phenoxy) is 1. The van der Waals surface area contributed by atoms with Crippen LogP contribution in [0.2, 0.25) is 0 Å². The number of anilines is 2. The van der Waals surface area contributed by atoms with E-state index in [1.54, 1.807) is 34.1 Å². The molecule has 4 N–H and O–H groups in total. The van der Waals surface area contributed by atoms with Gasteiger partial charge >= 0.3 is 6.18 Å². The Kier molecular flexibility index (Phi) is 6.64. The number of alkyl halides is 3. The molecule has 0 saturated carbocycles. The largest absolute Gasteiger partial charge is 0.450 e. The Labute approximate surface area is 237 Å². The number of nitrogens with one attached hydrogen (secondary N) is 4. The molecule has 0 spiro atoms. The second-order valence-electron chi connectivity index (χ2n) is 9.94. The predicted molar refractivity (Wildman–Crippen MR) is 148 cm³/mol. The number of imidazole rings is 1. The summed E-state index contributed by atoms with van der Waals surface area (Å²) in [7, 11) is 4.66. The fourth-order valence-corrected chi connectivity index (χ4v) is 4.96. The second-order valence-corrected chi connectivity index (χ2v) is 9.94. The number of nitriles is 1. The summed E-state index contributed by atoms with van der Waals surface area (Å²) in [5, 5.41) is 26.6. The number of hydrogen-bond acceptors (Lipinski definition) is 10. The number of carbonyl (C=O) groups is 1. The first-order valence-electron chi connectivity index (χ1n) is 12.5. The molecule has 2 aliphatic heterocycles. The van der Waals surface area contributed by atoms with Crippen molar-refractivity contribution in [2.45, 2.75) is 25.6 Å². The Morgan fingerprint density at radius 2 is 2.02 bits per heavy atom. The van der Waals surface area contributed by atoms with Crippen LogP contribution in [-0.4, -0.2) is 51.5 Å². The minimum Gasteiger partial charge on any atom is -0.450 e. The standard InChI is InChI=1S/C27H25F3N10O2/c1-26(2)19-14(24(41)40(26)5)8-13(9-16(19)27(28,29)30)37-25-38-23-21(39(25)4)15(10-31)18(12-36-23)42-17(11-32)20-22(33-3)35-7-6-34-20/h6-9,11-12,32,34H,1-5H3,(H,33,35)(H,36,37,38)/b20-17+,32-11?. The number of amidine groups is 1. The summed E-state index contributed by atoms with van der Waals surface area (Å²) < 4.78 is 49.9. The molecule has 1 amide bonds. The maximum atomic E-state index is 14.2. The lowest BCUT2D eigenvalue weighted by atomic mass is 9.88. The van der Waals surface area contributed by atoms with Crippen LogP contribution in [0.25, 0.3) is 11.2 Å². The minimum absolute atomic E-state index is 0.0138. The van der Waals surface area contributed by atoms with Gasteiger partial charge in [0.05, 0.1) is 23.5 Å². The van der Waals surface area contributed by atoms with E-state index in [1.807, 2.05) is 0 Å². The highest BCUT2D eigenvalue weighted by Gasteiger charge is 2.48. The summed E-state index contributed by atoms with van der Waals surface area (Å²) >= 11 is 0. The zero-order valence-electron chi connectivity index (χ0n) is 23.1. The zero-order valence-corrected chi connectivity index (χ0v) is 23.1. The molecule has 2 aromatic heterocycles. The molecule has 0 saturated heterocycles. The average Bonchev–Trinajstić information content (AvgIpc) is 3.36. The molecular weight excluding hydrogens is 553 g/mol. The third-order valence-corrected chi connectivity index (χ3v) is 7.24. The van der Waals surface area contributed by atoms with Crippen LogP contribution in [0.15, 0.2) is 47.2 Å². The Bertz CT molecular complexity index is 1790. The van der Waals surface area contributed by atoms with Crippen LogP contribution in [0.1, 0.15) is 40.9 Å². The highest BCUT2D eigenvalue weighted by atomic mass is 19.4. The van der Waals surface area contributed by atoms with E-state index < -0.39 is 23.2 Å². The summed E-state index contributed by atoms with van der Waals surface area (Å²) in [5.74, 6) is 0.00355. The van der Waals surface area contributed by atoms with Gasteiger partial charge in [-0.2, -0.15) is 23.4 Å². The monoisotopic (exact) mass is 578 g/mol. The van der Waals surface area contributed by atoms with Crippen molar-refractivity contribution in [2.24, 2.45) is 12.0 Å². The van der Waals surface area contributed by atoms with E-state index in [9.17, 15) is 23.2 Å². The molecule has 3 aromatic rings. The van der Waals surface area contributed by atoms with Gasteiger partial charge in [-0.15, -0.1) is 0 Å². The van der Waals surface area contributed by atoms with Gasteiger partial charge in [0.15, 0.2) is 23.0 Å². The number of pyridine rings is 1. The number of amides is 1. The molecule has 2 aliphatic rings. The van der Waals surface area contributed by atoms with Crippen molar-refractivity contribution >= 4 is 40.8 Å². The Morgan fingerprint density at radius 3 is 2.67 bits per heavy atom. The Morgan fingerprint density at radius 1 is 1.29 bits per heavy atom. The topological polar surface area (TPSA) is 156 Å². The van der Waals surface area contributed by atoms with Crippen molar-refractivity contribution in [3.8, 4) is 11.8 Å². The summed E-state index contributed by atoms with van der Waals surface area (Å²) in [6.45, 7) is 3.12. The molecule has 42 heavy (non-hydrogen) atoms. The molecule has 0 unspecified atom stereocenters. The predicted octanol–water partition coefficient (Wildman–Crippen LogP) is 3.86. The molecule has 0 atom stereocenters. The summed E-state index contributed by atoms with van der Waals surface area (Å²) in [6.07, 6.45) is 0.556. The number of aromatic nitrogens is 3. The molecule has 1 aromatic carbocycles. The number of benzene rings is 1. The first-order chi connectivity index (χ1) is 19.8. The van der Waals surface area contributed by atoms with Gasteiger partial charge < -0.3 is 35.6 Å². The smallest absolute Gasteiger partial charge is 0.416 e. The van der Waals surface area contributed by atoms with Crippen LogP contribution >= 0.6 is 0 Å². The van der Waals surface area contributed by atoms with Crippen molar-refractivity contribution in [3.05, 3.63) is 64.4 Å². The number of nitrogens with zero attached hydrogens (tertiary/aromatic N) is 6. The van der Waals surface area contributed by atoms with Gasteiger partial charge in [-0.25, -0.2) is 9.98 Å². The molecule has 0 radical (unpaired) electrons. The minimum atomic E-state index is -4.72. The summed E-state index contributed by atoms with van der Waals surface area (Å²) in [5.41, 5.74) is -1.53. The highest BCUT2D eigenvalue weighted by Crippen LogP contribution is 2.46. The van der Waals surface area contributed by atoms with E-state index in [4.69, 9.17) is 10.1 Å². The number of fused-ring (bicyclic) bond motifs is 2. The normalized spacial score (nSPS) is 16.9. The zero-order chi connectivity index (χ0) is 30.6. The molecule has 12 nitrogen and oxygen atoms in total. The fraction of sp³-hybridized carbons (Fsp3) is 0.259. The van der Waals surface area contributed by atoms with Crippen LogP contribution in [0.3, 0.4) is 0 Å². The lowest BCUT2D eigenvalue weighted by Crippen LogP contribution is -2.36. The first-order valence-corrected chi connectivity index (χ1v) is 12.5. The number of halogens is 3. The Hall–Kier alpha value is -5.39. The second kappa shape index (κ2) is 9.91. The lowest BCUT2D eigenvalue weighted by Gasteiger charge is -2.30. The maximum absolute atomic E-state index is 14.2. The number of carbonyl (C=O) groups excluding carboxylic acids is 1. The van der Waals surface area contributed by atoms with Crippen LogP contribution < -0.4 is 20.7 Å². The van der Waals surface area contributed by atoms with Gasteiger partial charge in [-0.05, 0) is 26.0 Å². The van der Waals surface area contributed by atoms with Crippen molar-refractivity contribution < 1.29 is 22.7 Å². The van der Waals surface area contributed by atoms with Crippen LogP contribution in [-0.2, 0) is 18.8 Å². The van der Waals surface area contributed by atoms with Gasteiger partial charge in [0, 0.05) is 50.4 Å². The van der Waals surface area contributed by atoms with Gasteiger partial charge in [-0.1, -0.05) is 0 Å². The van der Waals surface area contributed by atoms with Gasteiger partial charge in [0.1, 0.15) is 22.8 Å². The molecular formula is C27H25F3N10O2. The molecule has 216 valence electrons.